The minimum atomic E-state index is 0. The average molecular weight is 501 g/mol. The molecule has 0 saturated carbocycles. The van der Waals surface area contributed by atoms with E-state index in [2.05, 4.69) is 63.1 Å². The van der Waals surface area contributed by atoms with Gasteiger partial charge in [-0.3, -0.25) is 14.7 Å². The molecule has 1 aliphatic rings. The van der Waals surface area contributed by atoms with Crippen molar-refractivity contribution in [3.05, 3.63) is 35.9 Å². The maximum atomic E-state index is 11.6. The predicted molar refractivity (Wildman–Crippen MR) is 127 cm³/mol. The van der Waals surface area contributed by atoms with Crippen LogP contribution in [0.3, 0.4) is 0 Å². The molecule has 158 valence electrons. The summed E-state index contributed by atoms with van der Waals surface area (Å²) < 4.78 is 0. The van der Waals surface area contributed by atoms with Crippen molar-refractivity contribution in [1.82, 2.24) is 20.9 Å². The average Bonchev–Trinajstić information content (AvgIpc) is 2.70. The molecule has 3 N–H and O–H groups in total. The molecule has 1 aliphatic heterocycles. The minimum absolute atomic E-state index is 0. The number of hydrogen-bond acceptors (Lipinski definition) is 3. The molecule has 7 heteroatoms. The molecule has 1 unspecified atom stereocenters. The van der Waals surface area contributed by atoms with Crippen LogP contribution in [0.2, 0.25) is 0 Å². The second kappa shape index (κ2) is 13.0. The lowest BCUT2D eigenvalue weighted by Crippen LogP contribution is -2.50. The molecule has 0 spiro atoms. The monoisotopic (exact) mass is 501 g/mol. The summed E-state index contributed by atoms with van der Waals surface area (Å²) >= 11 is 0. The number of halogens is 1. The predicted octanol–water partition coefficient (Wildman–Crippen LogP) is 2.77. The standard InChI is InChI=1S/C21H35N5O.HI/c1-16(2)20(27)23-12-13-24-21(22-4)25-19-10-14-26(15-11-19)17(3)18-8-6-5-7-9-18;/h5-9,16-17,19H,10-15H2,1-4H3,(H,23,27)(H2,22,24,25);1H. The summed E-state index contributed by atoms with van der Waals surface area (Å²) in [6.45, 7) is 9.51. The van der Waals surface area contributed by atoms with Crippen molar-refractivity contribution < 1.29 is 4.79 Å². The zero-order valence-electron chi connectivity index (χ0n) is 17.6. The van der Waals surface area contributed by atoms with E-state index >= 15 is 0 Å². The highest BCUT2D eigenvalue weighted by Crippen LogP contribution is 2.23. The number of guanidine groups is 1. The Morgan fingerprint density at radius 1 is 1.11 bits per heavy atom. The van der Waals surface area contributed by atoms with Crippen LogP contribution in [-0.2, 0) is 4.79 Å². The number of carbonyl (C=O) groups excluding carboxylic acids is 1. The summed E-state index contributed by atoms with van der Waals surface area (Å²) in [6.07, 6.45) is 2.20. The lowest BCUT2D eigenvalue weighted by molar-refractivity contribution is -0.123. The minimum Gasteiger partial charge on any atom is -0.355 e. The number of nitrogens with zero attached hydrogens (tertiary/aromatic N) is 2. The van der Waals surface area contributed by atoms with Crippen LogP contribution in [0, 0.1) is 5.92 Å². The molecule has 6 nitrogen and oxygen atoms in total. The Kier molecular flexibility index (Phi) is 11.4. The van der Waals surface area contributed by atoms with Gasteiger partial charge in [-0.15, -0.1) is 24.0 Å². The van der Waals surface area contributed by atoms with Crippen molar-refractivity contribution in [3.63, 3.8) is 0 Å². The van der Waals surface area contributed by atoms with Crippen LogP contribution in [0.25, 0.3) is 0 Å². The highest BCUT2D eigenvalue weighted by Gasteiger charge is 2.23. The van der Waals surface area contributed by atoms with Gasteiger partial charge in [-0.25, -0.2) is 0 Å². The fraction of sp³-hybridized carbons (Fsp3) is 0.619. The Labute approximate surface area is 187 Å². The van der Waals surface area contributed by atoms with Crippen LogP contribution in [-0.4, -0.2) is 56.0 Å². The largest absolute Gasteiger partial charge is 0.355 e. The maximum Gasteiger partial charge on any atom is 0.222 e. The number of piperidine rings is 1. The van der Waals surface area contributed by atoms with Crippen LogP contribution in [0.5, 0.6) is 0 Å². The molecule has 1 heterocycles. The number of nitrogens with one attached hydrogen (secondary N) is 3. The second-order valence-corrected chi connectivity index (χ2v) is 7.49. The Bertz CT molecular complexity index is 600. The third-order valence-corrected chi connectivity index (χ3v) is 5.16. The molecule has 1 amide bonds. The first-order valence-electron chi connectivity index (χ1n) is 10.0. The van der Waals surface area contributed by atoms with E-state index in [1.54, 1.807) is 7.05 Å². The van der Waals surface area contributed by atoms with Crippen LogP contribution < -0.4 is 16.0 Å². The van der Waals surface area contributed by atoms with E-state index in [0.29, 0.717) is 25.2 Å². The highest BCUT2D eigenvalue weighted by molar-refractivity contribution is 14.0. The van der Waals surface area contributed by atoms with Crippen LogP contribution in [0.4, 0.5) is 0 Å². The summed E-state index contributed by atoms with van der Waals surface area (Å²) in [5.41, 5.74) is 1.38. The van der Waals surface area contributed by atoms with Gasteiger partial charge < -0.3 is 16.0 Å². The molecule has 0 radical (unpaired) electrons. The maximum absolute atomic E-state index is 11.6. The van der Waals surface area contributed by atoms with Gasteiger partial charge in [0.05, 0.1) is 0 Å². The Balaban J connectivity index is 0.00000392. The highest BCUT2D eigenvalue weighted by atomic mass is 127. The number of benzene rings is 1. The summed E-state index contributed by atoms with van der Waals surface area (Å²) in [4.78, 5) is 18.4. The van der Waals surface area contributed by atoms with Gasteiger partial charge in [0.1, 0.15) is 0 Å². The smallest absolute Gasteiger partial charge is 0.222 e. The van der Waals surface area contributed by atoms with E-state index in [1.165, 1.54) is 5.56 Å². The summed E-state index contributed by atoms with van der Waals surface area (Å²) in [6, 6.07) is 11.6. The van der Waals surface area contributed by atoms with E-state index in [9.17, 15) is 4.79 Å². The molecule has 1 saturated heterocycles. The first-order valence-corrected chi connectivity index (χ1v) is 10.0. The van der Waals surface area contributed by atoms with E-state index in [0.717, 1.165) is 31.9 Å². The number of likely N-dealkylation sites (tertiary alicyclic amines) is 1. The van der Waals surface area contributed by atoms with Crippen molar-refractivity contribution in [1.29, 1.82) is 0 Å². The van der Waals surface area contributed by atoms with Crippen molar-refractivity contribution in [3.8, 4) is 0 Å². The molecular formula is C21H36IN5O. The quantitative estimate of drug-likeness (QED) is 0.233. The van der Waals surface area contributed by atoms with E-state index in [1.807, 2.05) is 13.8 Å². The number of rotatable bonds is 7. The first-order chi connectivity index (χ1) is 13.0. The van der Waals surface area contributed by atoms with E-state index < -0.39 is 0 Å². The van der Waals surface area contributed by atoms with Crippen molar-refractivity contribution in [2.45, 2.75) is 45.7 Å². The molecule has 0 bridgehead atoms. The number of hydrogen-bond donors (Lipinski definition) is 3. The Morgan fingerprint density at radius 3 is 2.29 bits per heavy atom. The van der Waals surface area contributed by atoms with Crippen LogP contribution >= 0.6 is 24.0 Å². The molecule has 1 aromatic rings. The lowest BCUT2D eigenvalue weighted by atomic mass is 10.0. The van der Waals surface area contributed by atoms with Crippen molar-refractivity contribution in [2.24, 2.45) is 10.9 Å². The van der Waals surface area contributed by atoms with Gasteiger partial charge in [-0.2, -0.15) is 0 Å². The third-order valence-electron chi connectivity index (χ3n) is 5.16. The number of carbonyl (C=O) groups is 1. The van der Waals surface area contributed by atoms with Crippen molar-refractivity contribution >= 4 is 35.8 Å². The fourth-order valence-corrected chi connectivity index (χ4v) is 3.33. The molecule has 0 aliphatic carbocycles. The summed E-state index contributed by atoms with van der Waals surface area (Å²) in [5, 5.41) is 9.70. The normalized spacial score (nSPS) is 17.0. The van der Waals surface area contributed by atoms with E-state index in [-0.39, 0.29) is 35.8 Å². The van der Waals surface area contributed by atoms with Crippen LogP contribution in [0.15, 0.2) is 35.3 Å². The number of aliphatic imine (C=N–C) groups is 1. The van der Waals surface area contributed by atoms with Gasteiger partial charge in [-0.05, 0) is 25.3 Å². The second-order valence-electron chi connectivity index (χ2n) is 7.49. The van der Waals surface area contributed by atoms with Gasteiger partial charge in [0, 0.05) is 51.2 Å². The Hall–Kier alpha value is -1.35. The van der Waals surface area contributed by atoms with Gasteiger partial charge in [0.2, 0.25) is 5.91 Å². The zero-order valence-corrected chi connectivity index (χ0v) is 19.9. The molecule has 1 aromatic carbocycles. The SMILES string of the molecule is CN=C(NCCNC(=O)C(C)C)NC1CCN(C(C)c2ccccc2)CC1.I. The topological polar surface area (TPSA) is 68.8 Å². The molecule has 1 fully saturated rings. The Morgan fingerprint density at radius 2 is 1.71 bits per heavy atom. The van der Waals surface area contributed by atoms with Gasteiger partial charge in [-0.1, -0.05) is 44.2 Å². The van der Waals surface area contributed by atoms with Gasteiger partial charge in [0.15, 0.2) is 5.96 Å². The van der Waals surface area contributed by atoms with Gasteiger partial charge >= 0.3 is 0 Å². The van der Waals surface area contributed by atoms with Crippen LogP contribution in [0.1, 0.15) is 45.2 Å². The lowest BCUT2D eigenvalue weighted by Gasteiger charge is -2.37. The van der Waals surface area contributed by atoms with Crippen molar-refractivity contribution in [2.75, 3.05) is 33.2 Å². The molecule has 2 rings (SSSR count). The van der Waals surface area contributed by atoms with Gasteiger partial charge in [0.25, 0.3) is 0 Å². The van der Waals surface area contributed by atoms with E-state index in [4.69, 9.17) is 0 Å². The first kappa shape index (κ1) is 24.7. The number of amides is 1. The third kappa shape index (κ3) is 7.95. The molecular weight excluding hydrogens is 465 g/mol. The molecule has 0 aromatic heterocycles. The molecule has 1 atom stereocenters. The zero-order chi connectivity index (χ0) is 19.6. The molecule has 28 heavy (non-hydrogen) atoms. The summed E-state index contributed by atoms with van der Waals surface area (Å²) in [7, 11) is 1.79. The summed E-state index contributed by atoms with van der Waals surface area (Å²) in [5.74, 6) is 0.911. The fourth-order valence-electron chi connectivity index (χ4n) is 3.33.